The summed E-state index contributed by atoms with van der Waals surface area (Å²) in [4.78, 5) is 26.5. The third-order valence-electron chi connectivity index (χ3n) is 6.94. The van der Waals surface area contributed by atoms with Gasteiger partial charge in [0.05, 0.1) is 5.69 Å². The molecule has 2 heterocycles. The zero-order valence-electron chi connectivity index (χ0n) is 19.7. The Balaban J connectivity index is 1.22. The van der Waals surface area contributed by atoms with Gasteiger partial charge in [-0.15, -0.1) is 0 Å². The van der Waals surface area contributed by atoms with E-state index >= 15 is 0 Å². The average Bonchev–Trinajstić information content (AvgIpc) is 2.90. The zero-order chi connectivity index (χ0) is 23.2. The van der Waals surface area contributed by atoms with Gasteiger partial charge in [0.2, 0.25) is 0 Å². The van der Waals surface area contributed by atoms with Crippen molar-refractivity contribution in [3.05, 3.63) is 78.1 Å². The Kier molecular flexibility index (Phi) is 7.15. The highest BCUT2D eigenvalue weighted by molar-refractivity contribution is 5.95. The summed E-state index contributed by atoms with van der Waals surface area (Å²) in [6, 6.07) is 20.8. The van der Waals surface area contributed by atoms with Gasteiger partial charge in [-0.2, -0.15) is 0 Å². The van der Waals surface area contributed by atoms with Crippen molar-refractivity contribution in [1.29, 1.82) is 0 Å². The summed E-state index contributed by atoms with van der Waals surface area (Å²) < 4.78 is 0. The molecular weight excluding hydrogens is 422 g/mol. The summed E-state index contributed by atoms with van der Waals surface area (Å²) in [5, 5.41) is 3.57. The first kappa shape index (κ1) is 22.5. The normalized spacial score (nSPS) is 17.5. The summed E-state index contributed by atoms with van der Waals surface area (Å²) in [5.74, 6) is 0.957. The predicted octanol–water partition coefficient (Wildman–Crippen LogP) is 4.85. The van der Waals surface area contributed by atoms with E-state index in [0.717, 1.165) is 55.4 Å². The van der Waals surface area contributed by atoms with Gasteiger partial charge in [-0.1, -0.05) is 61.7 Å². The number of hydrogen-bond donors (Lipinski definition) is 1. The molecule has 2 aliphatic rings. The second-order valence-corrected chi connectivity index (χ2v) is 9.40. The van der Waals surface area contributed by atoms with Crippen LogP contribution < -0.4 is 5.32 Å². The number of nitrogens with one attached hydrogen (secondary N) is 1. The van der Waals surface area contributed by atoms with Crippen LogP contribution >= 0.6 is 0 Å². The molecule has 34 heavy (non-hydrogen) atoms. The number of aromatic nitrogens is 2. The van der Waals surface area contributed by atoms with Crippen molar-refractivity contribution in [2.24, 2.45) is 0 Å². The molecule has 1 amide bonds. The Labute approximate surface area is 202 Å². The van der Waals surface area contributed by atoms with E-state index in [1.165, 1.54) is 37.7 Å². The maximum absolute atomic E-state index is 13.2. The number of carbonyl (C=O) groups excluding carboxylic acids is 1. The Morgan fingerprint density at radius 1 is 0.882 bits per heavy atom. The van der Waals surface area contributed by atoms with Gasteiger partial charge in [0.15, 0.2) is 0 Å². The highest BCUT2D eigenvalue weighted by Crippen LogP contribution is 2.24. The molecule has 3 aromatic rings. The summed E-state index contributed by atoms with van der Waals surface area (Å²) in [6.07, 6.45) is 7.89. The van der Waals surface area contributed by atoms with Gasteiger partial charge in [0.25, 0.3) is 5.91 Å². The topological polar surface area (TPSA) is 61.4 Å². The van der Waals surface area contributed by atoms with Crippen molar-refractivity contribution in [2.45, 2.75) is 44.7 Å². The molecule has 6 nitrogen and oxygen atoms in total. The Hall–Kier alpha value is -3.25. The molecular formula is C28H33N5O. The second-order valence-electron chi connectivity index (χ2n) is 9.40. The van der Waals surface area contributed by atoms with E-state index in [0.29, 0.717) is 6.04 Å². The highest BCUT2D eigenvalue weighted by Gasteiger charge is 2.22. The molecule has 2 aromatic carbocycles. The number of rotatable bonds is 6. The van der Waals surface area contributed by atoms with Crippen LogP contribution in [0, 0.1) is 0 Å². The fourth-order valence-electron chi connectivity index (χ4n) is 4.99. The Morgan fingerprint density at radius 3 is 2.47 bits per heavy atom. The van der Waals surface area contributed by atoms with Gasteiger partial charge in [0, 0.05) is 56.0 Å². The fraction of sp³-hybridized carbons (Fsp3) is 0.393. The molecule has 0 atom stereocenters. The first-order chi connectivity index (χ1) is 16.7. The number of hydrogen-bond acceptors (Lipinski definition) is 5. The minimum atomic E-state index is 0.0934. The first-order valence-corrected chi connectivity index (χ1v) is 12.5. The smallest absolute Gasteiger partial charge is 0.253 e. The molecule has 5 rings (SSSR count). The van der Waals surface area contributed by atoms with E-state index < -0.39 is 0 Å². The lowest BCUT2D eigenvalue weighted by Gasteiger charge is -2.34. The van der Waals surface area contributed by atoms with Crippen molar-refractivity contribution < 1.29 is 4.79 Å². The van der Waals surface area contributed by atoms with Gasteiger partial charge < -0.3 is 10.2 Å². The maximum atomic E-state index is 13.2. The Bertz CT molecular complexity index is 1090. The number of amides is 1. The van der Waals surface area contributed by atoms with Crippen molar-refractivity contribution >= 4 is 11.7 Å². The monoisotopic (exact) mass is 455 g/mol. The second kappa shape index (κ2) is 10.8. The summed E-state index contributed by atoms with van der Waals surface area (Å²) >= 11 is 0. The molecule has 176 valence electrons. The zero-order valence-corrected chi connectivity index (χ0v) is 19.7. The van der Waals surface area contributed by atoms with E-state index in [2.05, 4.69) is 44.5 Å². The number of anilines is 1. The molecule has 1 N–H and O–H groups in total. The lowest BCUT2D eigenvalue weighted by molar-refractivity contribution is 0.0628. The molecule has 1 aromatic heterocycles. The number of benzene rings is 2. The summed E-state index contributed by atoms with van der Waals surface area (Å²) in [7, 11) is 0. The predicted molar refractivity (Wildman–Crippen MR) is 136 cm³/mol. The Morgan fingerprint density at radius 2 is 1.68 bits per heavy atom. The van der Waals surface area contributed by atoms with Crippen LogP contribution in [0.1, 0.15) is 48.0 Å². The number of carbonyl (C=O) groups is 1. The molecule has 0 spiro atoms. The molecule has 0 unspecified atom stereocenters. The number of piperazine rings is 1. The fourth-order valence-corrected chi connectivity index (χ4v) is 4.99. The van der Waals surface area contributed by atoms with Crippen LogP contribution in [0.3, 0.4) is 0 Å². The molecule has 0 bridgehead atoms. The maximum Gasteiger partial charge on any atom is 0.253 e. The SMILES string of the molecule is O=C(c1cccc(-c2cc(NC3CCCCC3)ncn2)c1)N1CCN(Cc2ccccc2)CC1. The molecule has 1 saturated heterocycles. The van der Waals surface area contributed by atoms with Crippen LogP contribution in [-0.4, -0.2) is 57.9 Å². The van der Waals surface area contributed by atoms with Crippen LogP contribution in [0.25, 0.3) is 11.3 Å². The van der Waals surface area contributed by atoms with Crippen LogP contribution in [0.2, 0.25) is 0 Å². The minimum absolute atomic E-state index is 0.0934. The van der Waals surface area contributed by atoms with Crippen molar-refractivity contribution in [2.75, 3.05) is 31.5 Å². The van der Waals surface area contributed by atoms with E-state index in [-0.39, 0.29) is 5.91 Å². The van der Waals surface area contributed by atoms with Gasteiger partial charge >= 0.3 is 0 Å². The first-order valence-electron chi connectivity index (χ1n) is 12.5. The molecule has 1 aliphatic heterocycles. The van der Waals surface area contributed by atoms with Crippen LogP contribution in [-0.2, 0) is 6.54 Å². The van der Waals surface area contributed by atoms with Gasteiger partial charge in [-0.25, -0.2) is 9.97 Å². The third-order valence-corrected chi connectivity index (χ3v) is 6.94. The average molecular weight is 456 g/mol. The van der Waals surface area contributed by atoms with Crippen LogP contribution in [0.15, 0.2) is 67.0 Å². The summed E-state index contributed by atoms with van der Waals surface area (Å²) in [5.41, 5.74) is 3.82. The molecule has 1 aliphatic carbocycles. The molecule has 2 fully saturated rings. The van der Waals surface area contributed by atoms with Crippen molar-refractivity contribution in [3.63, 3.8) is 0 Å². The van der Waals surface area contributed by atoms with Gasteiger partial charge in [-0.3, -0.25) is 9.69 Å². The largest absolute Gasteiger partial charge is 0.367 e. The van der Waals surface area contributed by atoms with E-state index in [1.807, 2.05) is 41.3 Å². The van der Waals surface area contributed by atoms with E-state index in [4.69, 9.17) is 0 Å². The van der Waals surface area contributed by atoms with E-state index in [9.17, 15) is 4.79 Å². The summed E-state index contributed by atoms with van der Waals surface area (Å²) in [6.45, 7) is 4.21. The number of nitrogens with zero attached hydrogens (tertiary/aromatic N) is 4. The quantitative estimate of drug-likeness (QED) is 0.576. The van der Waals surface area contributed by atoms with Gasteiger partial charge in [0.1, 0.15) is 12.1 Å². The molecule has 6 heteroatoms. The third kappa shape index (κ3) is 5.62. The highest BCUT2D eigenvalue weighted by atomic mass is 16.2. The van der Waals surface area contributed by atoms with Crippen LogP contribution in [0.4, 0.5) is 5.82 Å². The lowest BCUT2D eigenvalue weighted by Crippen LogP contribution is -2.48. The van der Waals surface area contributed by atoms with E-state index in [1.54, 1.807) is 6.33 Å². The van der Waals surface area contributed by atoms with Crippen LogP contribution in [0.5, 0.6) is 0 Å². The molecule has 0 radical (unpaired) electrons. The standard InChI is InChI=1S/C28H33N5O/c34-28(33-16-14-32(15-17-33)20-22-8-3-1-4-9-22)24-11-7-10-23(18-24)26-19-27(30-21-29-26)31-25-12-5-2-6-13-25/h1,3-4,7-11,18-19,21,25H,2,5-6,12-17,20H2,(H,29,30,31). The van der Waals surface area contributed by atoms with Crippen molar-refractivity contribution in [3.8, 4) is 11.3 Å². The molecule has 1 saturated carbocycles. The lowest BCUT2D eigenvalue weighted by atomic mass is 9.95. The van der Waals surface area contributed by atoms with Gasteiger partial charge in [-0.05, 0) is 30.5 Å². The minimum Gasteiger partial charge on any atom is -0.367 e. The van der Waals surface area contributed by atoms with Crippen molar-refractivity contribution in [1.82, 2.24) is 19.8 Å².